The number of hydrogen-bond donors (Lipinski definition) is 0. The number of Topliss-reactive ketones (excluding diaryl/α,β-unsaturated/α-hetero) is 1. The molecule has 0 radical (unpaired) electrons. The second kappa shape index (κ2) is 5.10. The molecule has 0 spiro atoms. The number of aldehydes is 1. The zero-order valence-electron chi connectivity index (χ0n) is 9.43. The van der Waals surface area contributed by atoms with Gasteiger partial charge >= 0.3 is 0 Å². The third-order valence-electron chi connectivity index (χ3n) is 2.43. The smallest absolute Gasteiger partial charge is 0.185 e. The van der Waals surface area contributed by atoms with Crippen molar-refractivity contribution in [2.45, 2.75) is 19.8 Å². The van der Waals surface area contributed by atoms with Gasteiger partial charge in [-0.25, -0.2) is 0 Å². The van der Waals surface area contributed by atoms with Gasteiger partial charge in [0.2, 0.25) is 0 Å². The Bertz CT molecular complexity index is 536. The second-order valence-electron chi connectivity index (χ2n) is 3.74. The molecule has 0 amide bonds. The minimum absolute atomic E-state index is 0.0995. The summed E-state index contributed by atoms with van der Waals surface area (Å²) in [6.07, 6.45) is 2.26. The molecule has 2 aromatic heterocycles. The van der Waals surface area contributed by atoms with Crippen molar-refractivity contribution in [1.29, 1.82) is 0 Å². The van der Waals surface area contributed by atoms with Crippen LogP contribution in [-0.4, -0.2) is 12.1 Å². The normalized spacial score (nSPS) is 10.4. The Morgan fingerprint density at radius 2 is 2.12 bits per heavy atom. The number of rotatable bonds is 5. The molecule has 0 atom stereocenters. The number of aryl methyl sites for hydroxylation is 2. The van der Waals surface area contributed by atoms with Gasteiger partial charge in [-0.05, 0) is 37.6 Å². The number of thiophene rings is 1. The maximum absolute atomic E-state index is 11.1. The highest BCUT2D eigenvalue weighted by atomic mass is 32.1. The Kier molecular flexibility index (Phi) is 3.54. The standard InChI is InChI=1S/C13H12O3S/c1-9(15)13-7-6-12(17-13)5-4-10-2-3-11(8-14)16-10/h2-3,6-8H,4-5H2,1H3. The van der Waals surface area contributed by atoms with E-state index in [0.717, 1.165) is 28.4 Å². The van der Waals surface area contributed by atoms with Gasteiger partial charge < -0.3 is 4.42 Å². The van der Waals surface area contributed by atoms with Crippen LogP contribution in [0.3, 0.4) is 0 Å². The molecule has 0 unspecified atom stereocenters. The molecule has 3 nitrogen and oxygen atoms in total. The quantitative estimate of drug-likeness (QED) is 0.603. The zero-order chi connectivity index (χ0) is 12.3. The number of carbonyl (C=O) groups excluding carboxylic acids is 2. The molecule has 0 saturated heterocycles. The van der Waals surface area contributed by atoms with Crippen molar-refractivity contribution in [3.8, 4) is 0 Å². The Hall–Kier alpha value is -1.68. The lowest BCUT2D eigenvalue weighted by Gasteiger charge is -1.94. The molecule has 2 rings (SSSR count). The third kappa shape index (κ3) is 2.91. The Balaban J connectivity index is 1.97. The molecule has 0 aromatic carbocycles. The van der Waals surface area contributed by atoms with Crippen molar-refractivity contribution in [2.75, 3.05) is 0 Å². The molecular formula is C13H12O3S. The molecular weight excluding hydrogens is 236 g/mol. The van der Waals surface area contributed by atoms with Crippen LogP contribution in [0.5, 0.6) is 0 Å². The van der Waals surface area contributed by atoms with Gasteiger partial charge in [-0.2, -0.15) is 0 Å². The third-order valence-corrected chi connectivity index (χ3v) is 3.67. The number of ketones is 1. The first-order valence-electron chi connectivity index (χ1n) is 5.32. The van der Waals surface area contributed by atoms with Gasteiger partial charge in [0.1, 0.15) is 5.76 Å². The van der Waals surface area contributed by atoms with Gasteiger partial charge in [0.15, 0.2) is 17.8 Å². The van der Waals surface area contributed by atoms with Crippen LogP contribution in [-0.2, 0) is 12.8 Å². The molecule has 0 aliphatic heterocycles. The summed E-state index contributed by atoms with van der Waals surface area (Å²) in [5.74, 6) is 1.25. The van der Waals surface area contributed by atoms with Crippen molar-refractivity contribution in [3.05, 3.63) is 45.5 Å². The number of hydrogen-bond acceptors (Lipinski definition) is 4. The minimum atomic E-state index is 0.0995. The molecule has 4 heteroatoms. The Labute approximate surface area is 103 Å². The fourth-order valence-electron chi connectivity index (χ4n) is 1.54. The van der Waals surface area contributed by atoms with E-state index in [4.69, 9.17) is 4.42 Å². The highest BCUT2D eigenvalue weighted by Gasteiger charge is 2.06. The van der Waals surface area contributed by atoms with Crippen LogP contribution < -0.4 is 0 Å². The highest BCUT2D eigenvalue weighted by Crippen LogP contribution is 2.19. The summed E-state index contributed by atoms with van der Waals surface area (Å²) < 4.78 is 5.28. The predicted octanol–water partition coefficient (Wildman–Crippen LogP) is 3.14. The summed E-state index contributed by atoms with van der Waals surface area (Å²) in [4.78, 5) is 23.5. The van der Waals surface area contributed by atoms with Crippen LogP contribution >= 0.6 is 11.3 Å². The first kappa shape index (κ1) is 11.8. The SMILES string of the molecule is CC(=O)c1ccc(CCc2ccc(C=O)o2)s1. The average molecular weight is 248 g/mol. The summed E-state index contributed by atoms with van der Waals surface area (Å²) in [6.45, 7) is 1.57. The van der Waals surface area contributed by atoms with E-state index in [1.54, 1.807) is 13.0 Å². The Morgan fingerprint density at radius 1 is 1.29 bits per heavy atom. The summed E-state index contributed by atoms with van der Waals surface area (Å²) in [5, 5.41) is 0. The molecule has 0 N–H and O–H groups in total. The fourth-order valence-corrected chi connectivity index (χ4v) is 2.44. The summed E-state index contributed by atoms with van der Waals surface area (Å²) in [7, 11) is 0. The Morgan fingerprint density at radius 3 is 2.71 bits per heavy atom. The van der Waals surface area contributed by atoms with Gasteiger partial charge in [0.05, 0.1) is 4.88 Å². The van der Waals surface area contributed by atoms with Gasteiger partial charge in [-0.1, -0.05) is 0 Å². The van der Waals surface area contributed by atoms with Crippen molar-refractivity contribution in [2.24, 2.45) is 0 Å². The van der Waals surface area contributed by atoms with Crippen molar-refractivity contribution >= 4 is 23.4 Å². The van der Waals surface area contributed by atoms with Crippen LogP contribution in [0.1, 0.15) is 37.8 Å². The fraction of sp³-hybridized carbons (Fsp3) is 0.231. The molecule has 88 valence electrons. The molecule has 0 fully saturated rings. The van der Waals surface area contributed by atoms with E-state index in [1.807, 2.05) is 18.2 Å². The molecule has 2 heterocycles. The van der Waals surface area contributed by atoms with Gasteiger partial charge in [-0.3, -0.25) is 9.59 Å². The second-order valence-corrected chi connectivity index (χ2v) is 4.91. The first-order chi connectivity index (χ1) is 8.19. The van der Waals surface area contributed by atoms with Crippen LogP contribution in [0.2, 0.25) is 0 Å². The molecule has 0 bridgehead atoms. The molecule has 0 saturated carbocycles. The van der Waals surface area contributed by atoms with Gasteiger partial charge in [0, 0.05) is 11.3 Å². The number of carbonyl (C=O) groups is 2. The zero-order valence-corrected chi connectivity index (χ0v) is 10.3. The maximum Gasteiger partial charge on any atom is 0.185 e. The minimum Gasteiger partial charge on any atom is -0.458 e. The molecule has 2 aromatic rings. The lowest BCUT2D eigenvalue weighted by atomic mass is 10.2. The van der Waals surface area contributed by atoms with E-state index in [-0.39, 0.29) is 5.78 Å². The van der Waals surface area contributed by atoms with Crippen molar-refractivity contribution < 1.29 is 14.0 Å². The van der Waals surface area contributed by atoms with Crippen LogP contribution in [0.25, 0.3) is 0 Å². The molecule has 17 heavy (non-hydrogen) atoms. The van der Waals surface area contributed by atoms with Crippen molar-refractivity contribution in [3.63, 3.8) is 0 Å². The largest absolute Gasteiger partial charge is 0.458 e. The van der Waals surface area contributed by atoms with Crippen LogP contribution in [0.15, 0.2) is 28.7 Å². The van der Waals surface area contributed by atoms with E-state index in [1.165, 1.54) is 11.3 Å². The summed E-state index contributed by atoms with van der Waals surface area (Å²) in [5.41, 5.74) is 0. The van der Waals surface area contributed by atoms with E-state index in [2.05, 4.69) is 0 Å². The van der Waals surface area contributed by atoms with E-state index in [9.17, 15) is 9.59 Å². The van der Waals surface area contributed by atoms with Crippen LogP contribution in [0, 0.1) is 0 Å². The molecule has 0 aliphatic carbocycles. The van der Waals surface area contributed by atoms with Gasteiger partial charge in [-0.15, -0.1) is 11.3 Å². The predicted molar refractivity (Wildman–Crippen MR) is 65.8 cm³/mol. The van der Waals surface area contributed by atoms with Crippen LogP contribution in [0.4, 0.5) is 0 Å². The highest BCUT2D eigenvalue weighted by molar-refractivity contribution is 7.14. The number of furan rings is 1. The lowest BCUT2D eigenvalue weighted by molar-refractivity contribution is 0.102. The summed E-state index contributed by atoms with van der Waals surface area (Å²) >= 11 is 1.51. The summed E-state index contributed by atoms with van der Waals surface area (Å²) in [6, 6.07) is 7.28. The van der Waals surface area contributed by atoms with E-state index < -0.39 is 0 Å². The first-order valence-corrected chi connectivity index (χ1v) is 6.14. The van der Waals surface area contributed by atoms with Crippen molar-refractivity contribution in [1.82, 2.24) is 0 Å². The topological polar surface area (TPSA) is 47.3 Å². The maximum atomic E-state index is 11.1. The molecule has 0 aliphatic rings. The average Bonchev–Trinajstić information content (AvgIpc) is 2.95. The van der Waals surface area contributed by atoms with E-state index in [0.29, 0.717) is 12.0 Å². The monoisotopic (exact) mass is 248 g/mol. The van der Waals surface area contributed by atoms with Gasteiger partial charge in [0.25, 0.3) is 0 Å². The van der Waals surface area contributed by atoms with E-state index >= 15 is 0 Å². The lowest BCUT2D eigenvalue weighted by Crippen LogP contribution is -1.86.